The second-order valence-electron chi connectivity index (χ2n) is 5.90. The first-order valence-electron chi connectivity index (χ1n) is 7.73. The van der Waals surface area contributed by atoms with Gasteiger partial charge in [-0.2, -0.15) is 5.10 Å². The zero-order valence-electron chi connectivity index (χ0n) is 13.3. The Bertz CT molecular complexity index is 786. The van der Waals surface area contributed by atoms with Crippen molar-refractivity contribution < 1.29 is 0 Å². The largest absolute Gasteiger partial charge is 0.326 e. The van der Waals surface area contributed by atoms with Crippen molar-refractivity contribution in [1.29, 1.82) is 0 Å². The van der Waals surface area contributed by atoms with Crippen molar-refractivity contribution in [2.24, 2.45) is 5.73 Å². The number of hydrogen-bond acceptors (Lipinski definition) is 2. The first-order valence-corrected chi connectivity index (χ1v) is 8.11. The molecule has 23 heavy (non-hydrogen) atoms. The van der Waals surface area contributed by atoms with E-state index in [0.29, 0.717) is 17.5 Å². The van der Waals surface area contributed by atoms with Crippen molar-refractivity contribution in [3.8, 4) is 16.9 Å². The molecular weight excluding hydrogens is 306 g/mol. The molecule has 0 saturated carbocycles. The maximum Gasteiger partial charge on any atom is 0.0972 e. The minimum atomic E-state index is 0.446. The molecule has 0 unspecified atom stereocenters. The van der Waals surface area contributed by atoms with Gasteiger partial charge < -0.3 is 5.73 Å². The quantitative estimate of drug-likeness (QED) is 0.750. The molecule has 4 heteroatoms. The summed E-state index contributed by atoms with van der Waals surface area (Å²) >= 11 is 5.96. The number of nitrogens with zero attached hydrogens (tertiary/aromatic N) is 2. The SMILES string of the molecule is CC(C)c1ccc(-n2cc(CN)c(-c3ccc(Cl)cc3)n2)cc1. The lowest BCUT2D eigenvalue weighted by Gasteiger charge is -2.06. The van der Waals surface area contributed by atoms with E-state index >= 15 is 0 Å². The van der Waals surface area contributed by atoms with E-state index in [4.69, 9.17) is 22.4 Å². The number of benzene rings is 2. The van der Waals surface area contributed by atoms with E-state index in [-0.39, 0.29) is 0 Å². The molecule has 0 radical (unpaired) electrons. The van der Waals surface area contributed by atoms with Gasteiger partial charge in [0, 0.05) is 28.9 Å². The first-order chi connectivity index (χ1) is 11.1. The van der Waals surface area contributed by atoms with Crippen LogP contribution in [0.5, 0.6) is 0 Å². The number of aromatic nitrogens is 2. The molecule has 1 aromatic heterocycles. The average molecular weight is 326 g/mol. The Morgan fingerprint density at radius 2 is 1.70 bits per heavy atom. The van der Waals surface area contributed by atoms with Gasteiger partial charge in [-0.05, 0) is 35.7 Å². The summed E-state index contributed by atoms with van der Waals surface area (Å²) in [5.41, 5.74) is 11.2. The van der Waals surface area contributed by atoms with Crippen LogP contribution < -0.4 is 5.73 Å². The second-order valence-corrected chi connectivity index (χ2v) is 6.34. The highest BCUT2D eigenvalue weighted by molar-refractivity contribution is 6.30. The van der Waals surface area contributed by atoms with Crippen LogP contribution in [0.1, 0.15) is 30.9 Å². The van der Waals surface area contributed by atoms with E-state index in [1.807, 2.05) is 35.1 Å². The van der Waals surface area contributed by atoms with Crippen molar-refractivity contribution >= 4 is 11.6 Å². The van der Waals surface area contributed by atoms with Crippen LogP contribution in [0.2, 0.25) is 5.02 Å². The number of nitrogens with two attached hydrogens (primary N) is 1. The average Bonchev–Trinajstić information content (AvgIpc) is 3.00. The Morgan fingerprint density at radius 1 is 1.04 bits per heavy atom. The lowest BCUT2D eigenvalue weighted by molar-refractivity contribution is 0.854. The second kappa shape index (κ2) is 6.57. The minimum Gasteiger partial charge on any atom is -0.326 e. The minimum absolute atomic E-state index is 0.446. The van der Waals surface area contributed by atoms with Gasteiger partial charge in [-0.25, -0.2) is 4.68 Å². The Morgan fingerprint density at radius 3 is 2.26 bits per heavy atom. The van der Waals surface area contributed by atoms with Crippen molar-refractivity contribution in [3.63, 3.8) is 0 Å². The molecule has 0 saturated heterocycles. The van der Waals surface area contributed by atoms with Gasteiger partial charge in [0.2, 0.25) is 0 Å². The highest BCUT2D eigenvalue weighted by Crippen LogP contribution is 2.25. The molecule has 0 aliphatic rings. The molecule has 3 aromatic rings. The third-order valence-corrected chi connectivity index (χ3v) is 4.20. The van der Waals surface area contributed by atoms with Crippen LogP contribution in [-0.2, 0) is 6.54 Å². The van der Waals surface area contributed by atoms with Gasteiger partial charge in [-0.1, -0.05) is 49.7 Å². The summed E-state index contributed by atoms with van der Waals surface area (Å²) in [6, 6.07) is 16.1. The summed E-state index contributed by atoms with van der Waals surface area (Å²) in [6.45, 7) is 4.82. The van der Waals surface area contributed by atoms with Gasteiger partial charge in [0.15, 0.2) is 0 Å². The third-order valence-electron chi connectivity index (χ3n) is 3.95. The number of hydrogen-bond donors (Lipinski definition) is 1. The summed E-state index contributed by atoms with van der Waals surface area (Å²) in [5.74, 6) is 0.519. The highest BCUT2D eigenvalue weighted by Gasteiger charge is 2.11. The molecule has 0 bridgehead atoms. The lowest BCUT2D eigenvalue weighted by atomic mass is 10.0. The summed E-state index contributed by atoms with van der Waals surface area (Å²) in [5, 5.41) is 5.43. The zero-order chi connectivity index (χ0) is 16.4. The summed E-state index contributed by atoms with van der Waals surface area (Å²) in [6.07, 6.45) is 1.99. The Hall–Kier alpha value is -2.10. The fraction of sp³-hybridized carbons (Fsp3) is 0.211. The molecule has 0 aliphatic heterocycles. The smallest absolute Gasteiger partial charge is 0.0972 e. The van der Waals surface area contributed by atoms with Crippen LogP contribution in [-0.4, -0.2) is 9.78 Å². The Balaban J connectivity index is 1.99. The fourth-order valence-corrected chi connectivity index (χ4v) is 2.68. The van der Waals surface area contributed by atoms with Crippen LogP contribution in [0.25, 0.3) is 16.9 Å². The topological polar surface area (TPSA) is 43.8 Å². The van der Waals surface area contributed by atoms with Gasteiger partial charge >= 0.3 is 0 Å². The predicted molar refractivity (Wildman–Crippen MR) is 96.0 cm³/mol. The molecule has 3 nitrogen and oxygen atoms in total. The van der Waals surface area contributed by atoms with Crippen LogP contribution in [0, 0.1) is 0 Å². The summed E-state index contributed by atoms with van der Waals surface area (Å²) < 4.78 is 1.89. The van der Waals surface area contributed by atoms with Gasteiger partial charge in [-0.15, -0.1) is 0 Å². The van der Waals surface area contributed by atoms with Gasteiger partial charge in [0.05, 0.1) is 11.4 Å². The molecule has 0 spiro atoms. The van der Waals surface area contributed by atoms with Crippen LogP contribution in [0.3, 0.4) is 0 Å². The molecule has 0 aliphatic carbocycles. The lowest BCUT2D eigenvalue weighted by Crippen LogP contribution is -1.96. The fourth-order valence-electron chi connectivity index (χ4n) is 2.55. The van der Waals surface area contributed by atoms with E-state index in [1.54, 1.807) is 0 Å². The first kappa shape index (κ1) is 15.8. The normalized spacial score (nSPS) is 11.2. The Kier molecular flexibility index (Phi) is 4.51. The molecule has 1 heterocycles. The van der Waals surface area contributed by atoms with E-state index in [9.17, 15) is 0 Å². The van der Waals surface area contributed by atoms with Crippen LogP contribution in [0.4, 0.5) is 0 Å². The van der Waals surface area contributed by atoms with Crippen molar-refractivity contribution in [2.75, 3.05) is 0 Å². The number of halogens is 1. The van der Waals surface area contributed by atoms with E-state index in [0.717, 1.165) is 22.5 Å². The molecule has 2 aromatic carbocycles. The molecular formula is C19H20ClN3. The Labute approximate surface area is 141 Å². The van der Waals surface area contributed by atoms with Gasteiger partial charge in [-0.3, -0.25) is 0 Å². The maximum absolute atomic E-state index is 5.96. The molecule has 0 fully saturated rings. The molecule has 0 amide bonds. The van der Waals surface area contributed by atoms with Gasteiger partial charge in [0.1, 0.15) is 0 Å². The molecule has 0 atom stereocenters. The number of rotatable bonds is 4. The monoisotopic (exact) mass is 325 g/mol. The highest BCUT2D eigenvalue weighted by atomic mass is 35.5. The summed E-state index contributed by atoms with van der Waals surface area (Å²) in [4.78, 5) is 0. The summed E-state index contributed by atoms with van der Waals surface area (Å²) in [7, 11) is 0. The predicted octanol–water partition coefficient (Wildman–Crippen LogP) is 4.77. The third kappa shape index (κ3) is 3.31. The van der Waals surface area contributed by atoms with Gasteiger partial charge in [0.25, 0.3) is 0 Å². The van der Waals surface area contributed by atoms with E-state index in [2.05, 4.69) is 38.1 Å². The van der Waals surface area contributed by atoms with Crippen molar-refractivity contribution in [1.82, 2.24) is 9.78 Å². The molecule has 3 rings (SSSR count). The van der Waals surface area contributed by atoms with Crippen molar-refractivity contribution in [3.05, 3.63) is 70.9 Å². The molecule has 118 valence electrons. The maximum atomic E-state index is 5.96. The van der Waals surface area contributed by atoms with E-state index < -0.39 is 0 Å². The molecule has 2 N–H and O–H groups in total. The van der Waals surface area contributed by atoms with Crippen molar-refractivity contribution in [2.45, 2.75) is 26.3 Å². The van der Waals surface area contributed by atoms with Crippen LogP contribution in [0.15, 0.2) is 54.7 Å². The van der Waals surface area contributed by atoms with E-state index in [1.165, 1.54) is 5.56 Å². The standard InChI is InChI=1S/C19H20ClN3/c1-13(2)14-5-9-18(10-6-14)23-12-16(11-21)19(22-23)15-3-7-17(20)8-4-15/h3-10,12-13H,11,21H2,1-2H3. The van der Waals surface area contributed by atoms with Crippen LogP contribution >= 0.6 is 11.6 Å². The zero-order valence-corrected chi connectivity index (χ0v) is 14.1.